The topological polar surface area (TPSA) is 133 Å². The number of ether oxygens (including phenoxy) is 3. The van der Waals surface area contributed by atoms with E-state index in [9.17, 15) is 14.4 Å². The van der Waals surface area contributed by atoms with Crippen molar-refractivity contribution in [3.05, 3.63) is 76.7 Å². The van der Waals surface area contributed by atoms with Crippen molar-refractivity contribution in [2.24, 2.45) is 4.99 Å². The maximum absolute atomic E-state index is 14.4. The first-order valence-electron chi connectivity index (χ1n) is 16.4. The van der Waals surface area contributed by atoms with E-state index >= 15 is 0 Å². The van der Waals surface area contributed by atoms with E-state index in [1.54, 1.807) is 23.8 Å². The maximum Gasteiger partial charge on any atom is 0.326 e. The molecule has 254 valence electrons. The Kier molecular flexibility index (Phi) is 10.0. The Hall–Kier alpha value is -4.82. The first-order valence-corrected chi connectivity index (χ1v) is 16.4. The third-order valence-corrected chi connectivity index (χ3v) is 8.88. The summed E-state index contributed by atoms with van der Waals surface area (Å²) in [4.78, 5) is 60.2. The van der Waals surface area contributed by atoms with Gasteiger partial charge in [-0.05, 0) is 37.8 Å². The Balaban J connectivity index is 1.23. The summed E-state index contributed by atoms with van der Waals surface area (Å²) in [5.41, 5.74) is 4.01. The average Bonchev–Trinajstić information content (AvgIpc) is 3.46. The normalized spacial score (nSPS) is 20.1. The zero-order chi connectivity index (χ0) is 33.8. The number of aromatic nitrogens is 2. The monoisotopic (exact) mass is 658 g/mol. The Morgan fingerprint density at radius 2 is 1.83 bits per heavy atom. The summed E-state index contributed by atoms with van der Waals surface area (Å²) in [7, 11) is 1.84. The molecule has 1 fully saturated rings. The predicted molar refractivity (Wildman–Crippen MR) is 175 cm³/mol. The highest BCUT2D eigenvalue weighted by molar-refractivity contribution is 6.09. The molecule has 48 heavy (non-hydrogen) atoms. The SMILES string of the molecule is CCOC(=O)CN1C2=NC(C3=CCOCC3)N(C)N2C(=O)C(N2CCN(C(=O)c3ncnc(C)c3OCc3ccccc3)CC2)=C1CC. The Morgan fingerprint density at radius 3 is 2.52 bits per heavy atom. The van der Waals surface area contributed by atoms with Gasteiger partial charge in [0.15, 0.2) is 11.4 Å². The smallest absolute Gasteiger partial charge is 0.326 e. The van der Waals surface area contributed by atoms with Gasteiger partial charge in [0.2, 0.25) is 5.96 Å². The van der Waals surface area contributed by atoms with Crippen LogP contribution in [0.2, 0.25) is 0 Å². The van der Waals surface area contributed by atoms with Gasteiger partial charge in [0.1, 0.15) is 31.3 Å². The molecule has 0 bridgehead atoms. The Morgan fingerprint density at radius 1 is 1.06 bits per heavy atom. The van der Waals surface area contributed by atoms with Crippen LogP contribution in [-0.2, 0) is 25.7 Å². The van der Waals surface area contributed by atoms with Crippen molar-refractivity contribution in [2.75, 3.05) is 59.6 Å². The third kappa shape index (κ3) is 6.49. The summed E-state index contributed by atoms with van der Waals surface area (Å²) in [5.74, 6) is -0.110. The van der Waals surface area contributed by atoms with Gasteiger partial charge in [-0.15, -0.1) is 0 Å². The molecule has 4 aliphatic rings. The lowest BCUT2D eigenvalue weighted by Crippen LogP contribution is -2.60. The number of amides is 2. The summed E-state index contributed by atoms with van der Waals surface area (Å²) in [6, 6.07) is 9.71. The number of nitrogens with zero attached hydrogens (tertiary/aromatic N) is 8. The molecule has 1 atom stereocenters. The summed E-state index contributed by atoms with van der Waals surface area (Å²) >= 11 is 0. The van der Waals surface area contributed by atoms with Crippen LogP contribution in [0.4, 0.5) is 0 Å². The molecule has 0 spiro atoms. The number of rotatable bonds is 10. The quantitative estimate of drug-likeness (QED) is 0.275. The number of hydrazine groups is 1. The van der Waals surface area contributed by atoms with E-state index in [0.717, 1.165) is 11.1 Å². The Bertz CT molecular complexity index is 1640. The zero-order valence-electron chi connectivity index (χ0n) is 27.9. The van der Waals surface area contributed by atoms with E-state index < -0.39 is 5.97 Å². The van der Waals surface area contributed by atoms with E-state index in [1.165, 1.54) is 6.33 Å². The average molecular weight is 659 g/mol. The number of aliphatic imine (C=N–C) groups is 1. The number of likely N-dealkylation sites (N-methyl/N-ethyl adjacent to an activating group) is 1. The molecule has 0 aliphatic carbocycles. The van der Waals surface area contributed by atoms with Crippen LogP contribution < -0.4 is 4.74 Å². The molecule has 0 saturated carbocycles. The van der Waals surface area contributed by atoms with Gasteiger partial charge < -0.3 is 28.9 Å². The fraction of sp³-hybridized carbons (Fsp3) is 0.471. The van der Waals surface area contributed by atoms with Crippen LogP contribution in [0.3, 0.4) is 0 Å². The minimum atomic E-state index is -0.406. The van der Waals surface area contributed by atoms with Crippen LogP contribution in [0.15, 0.2) is 64.7 Å². The molecule has 2 amide bonds. The predicted octanol–water partition coefficient (Wildman–Crippen LogP) is 2.34. The number of hydrogen-bond acceptors (Lipinski definition) is 12. The van der Waals surface area contributed by atoms with E-state index in [4.69, 9.17) is 19.2 Å². The van der Waals surface area contributed by atoms with Gasteiger partial charge in [-0.2, -0.15) is 5.01 Å². The number of piperazine rings is 1. The minimum absolute atomic E-state index is 0.0802. The van der Waals surface area contributed by atoms with E-state index in [1.807, 2.05) is 65.2 Å². The van der Waals surface area contributed by atoms with E-state index in [2.05, 4.69) is 9.97 Å². The lowest BCUT2D eigenvalue weighted by Gasteiger charge is -2.44. The van der Waals surface area contributed by atoms with Gasteiger partial charge in [0, 0.05) is 33.2 Å². The minimum Gasteiger partial charge on any atom is -0.485 e. The summed E-state index contributed by atoms with van der Waals surface area (Å²) in [5, 5.41) is 3.39. The molecular formula is C34H42N8O6. The van der Waals surface area contributed by atoms with E-state index in [-0.39, 0.29) is 43.4 Å². The largest absolute Gasteiger partial charge is 0.485 e. The van der Waals surface area contributed by atoms with Gasteiger partial charge in [-0.3, -0.25) is 14.4 Å². The molecule has 14 heteroatoms. The number of hydrogen-bond donors (Lipinski definition) is 0. The van der Waals surface area contributed by atoms with Gasteiger partial charge in [0.05, 0.1) is 31.2 Å². The number of esters is 1. The second-order valence-corrected chi connectivity index (χ2v) is 11.8. The van der Waals surface area contributed by atoms with Crippen LogP contribution in [0.5, 0.6) is 5.75 Å². The number of fused-ring (bicyclic) bond motifs is 1. The molecule has 1 aromatic heterocycles. The first kappa shape index (κ1) is 33.1. The molecule has 5 heterocycles. The zero-order valence-corrected chi connectivity index (χ0v) is 27.9. The van der Waals surface area contributed by atoms with Gasteiger partial charge in [-0.1, -0.05) is 43.3 Å². The number of carbonyl (C=O) groups excluding carboxylic acids is 3. The lowest BCUT2D eigenvalue weighted by molar-refractivity contribution is -0.145. The summed E-state index contributed by atoms with van der Waals surface area (Å²) in [6.07, 6.45) is 4.18. The van der Waals surface area contributed by atoms with Gasteiger partial charge >= 0.3 is 5.97 Å². The van der Waals surface area contributed by atoms with E-state index in [0.29, 0.717) is 81.0 Å². The molecule has 1 saturated heterocycles. The molecule has 14 nitrogen and oxygen atoms in total. The number of aryl methyl sites for hydroxylation is 1. The van der Waals surface area contributed by atoms with Gasteiger partial charge in [-0.25, -0.2) is 20.0 Å². The summed E-state index contributed by atoms with van der Waals surface area (Å²) < 4.78 is 16.9. The Labute approximate surface area is 280 Å². The molecular weight excluding hydrogens is 616 g/mol. The van der Waals surface area contributed by atoms with Crippen LogP contribution in [0.25, 0.3) is 0 Å². The van der Waals surface area contributed by atoms with Crippen LogP contribution in [0, 0.1) is 6.92 Å². The molecule has 4 aliphatic heterocycles. The highest BCUT2D eigenvalue weighted by atomic mass is 16.5. The summed E-state index contributed by atoms with van der Waals surface area (Å²) in [6.45, 7) is 8.58. The fourth-order valence-electron chi connectivity index (χ4n) is 6.46. The van der Waals surface area contributed by atoms with Crippen molar-refractivity contribution in [3.8, 4) is 5.75 Å². The number of allylic oxidation sites excluding steroid dienone is 1. The van der Waals surface area contributed by atoms with Crippen molar-refractivity contribution in [2.45, 2.75) is 46.4 Å². The van der Waals surface area contributed by atoms with Crippen molar-refractivity contribution < 1.29 is 28.6 Å². The fourth-order valence-corrected chi connectivity index (χ4v) is 6.46. The maximum atomic E-state index is 14.4. The van der Waals surface area contributed by atoms with Crippen LogP contribution >= 0.6 is 0 Å². The molecule has 0 N–H and O–H groups in total. The molecule has 1 unspecified atom stereocenters. The number of guanidine groups is 1. The number of carbonyl (C=O) groups is 3. The standard InChI is InChI=1S/C34H42N8O6/c1-5-26-29(33(45)42-34(41(26)20-27(43)47-6-2)37-31(38(42)4)25-12-18-46-19-13-25)39-14-16-40(17-15-39)32(44)28-30(23(3)35-22-36-28)48-21-24-10-8-7-9-11-24/h7-12,22,31H,5-6,13-21H2,1-4H3. The number of benzene rings is 1. The van der Waals surface area contributed by atoms with Crippen molar-refractivity contribution in [3.63, 3.8) is 0 Å². The third-order valence-electron chi connectivity index (χ3n) is 8.88. The van der Waals surface area contributed by atoms with Crippen molar-refractivity contribution >= 4 is 23.7 Å². The second-order valence-electron chi connectivity index (χ2n) is 11.8. The molecule has 0 radical (unpaired) electrons. The van der Waals surface area contributed by atoms with Crippen LogP contribution in [0.1, 0.15) is 48.4 Å². The second kappa shape index (κ2) is 14.5. The highest BCUT2D eigenvalue weighted by Gasteiger charge is 2.48. The highest BCUT2D eigenvalue weighted by Crippen LogP contribution is 2.35. The molecule has 1 aromatic carbocycles. The molecule has 6 rings (SSSR count). The van der Waals surface area contributed by atoms with Gasteiger partial charge in [0.25, 0.3) is 11.8 Å². The molecule has 2 aromatic rings. The van der Waals surface area contributed by atoms with Crippen molar-refractivity contribution in [1.82, 2.24) is 34.7 Å². The van der Waals surface area contributed by atoms with Crippen molar-refractivity contribution in [1.29, 1.82) is 0 Å². The van der Waals surface area contributed by atoms with Crippen LogP contribution in [-0.4, -0.2) is 124 Å². The first-order chi connectivity index (χ1) is 23.3. The lowest BCUT2D eigenvalue weighted by atomic mass is 10.1.